The van der Waals surface area contributed by atoms with Crippen molar-refractivity contribution >= 4 is 15.7 Å². The smallest absolute Gasteiger partial charge is 0.238 e. The van der Waals surface area contributed by atoms with Gasteiger partial charge in [-0.3, -0.25) is 0 Å². The zero-order valence-electron chi connectivity index (χ0n) is 12.8. The molecular weight excluding hydrogens is 288 g/mol. The fourth-order valence-corrected chi connectivity index (χ4v) is 3.46. The van der Waals surface area contributed by atoms with E-state index in [2.05, 4.69) is 19.2 Å². The second-order valence-corrected chi connectivity index (χ2v) is 7.57. The van der Waals surface area contributed by atoms with Crippen molar-refractivity contribution in [2.45, 2.75) is 50.7 Å². The molecule has 0 aliphatic carbocycles. The molecule has 1 aliphatic heterocycles. The molecule has 2 rings (SSSR count). The Balaban J connectivity index is 2.13. The minimum atomic E-state index is -3.69. The highest BCUT2D eigenvalue weighted by Gasteiger charge is 2.25. The van der Waals surface area contributed by atoms with E-state index in [0.29, 0.717) is 17.5 Å². The minimum Gasteiger partial charge on any atom is -0.382 e. The van der Waals surface area contributed by atoms with Gasteiger partial charge in [-0.1, -0.05) is 19.9 Å². The molecule has 2 unspecified atom stereocenters. The van der Waals surface area contributed by atoms with Crippen LogP contribution in [0.15, 0.2) is 23.1 Å². The molecule has 6 heteroatoms. The number of rotatable bonds is 4. The number of benzene rings is 1. The van der Waals surface area contributed by atoms with Crippen molar-refractivity contribution in [1.82, 2.24) is 0 Å². The van der Waals surface area contributed by atoms with Gasteiger partial charge < -0.3 is 10.1 Å². The highest BCUT2D eigenvalue weighted by Crippen LogP contribution is 2.25. The van der Waals surface area contributed by atoms with Crippen LogP contribution in [0.25, 0.3) is 0 Å². The van der Waals surface area contributed by atoms with Crippen molar-refractivity contribution in [1.29, 1.82) is 0 Å². The first-order valence-electron chi connectivity index (χ1n) is 7.29. The van der Waals surface area contributed by atoms with Gasteiger partial charge in [-0.2, -0.15) is 0 Å². The monoisotopic (exact) mass is 312 g/mol. The Labute approximate surface area is 126 Å². The Morgan fingerprint density at radius 1 is 1.38 bits per heavy atom. The predicted molar refractivity (Wildman–Crippen MR) is 83.8 cm³/mol. The van der Waals surface area contributed by atoms with Gasteiger partial charge in [0.2, 0.25) is 10.0 Å². The third-order valence-corrected chi connectivity index (χ3v) is 4.98. The van der Waals surface area contributed by atoms with Crippen molar-refractivity contribution in [2.75, 3.05) is 11.9 Å². The van der Waals surface area contributed by atoms with Crippen LogP contribution in [-0.2, 0) is 14.8 Å². The van der Waals surface area contributed by atoms with Gasteiger partial charge in [-0.15, -0.1) is 0 Å². The zero-order chi connectivity index (χ0) is 15.6. The van der Waals surface area contributed by atoms with Crippen LogP contribution in [0.2, 0.25) is 0 Å². The number of anilines is 1. The van der Waals surface area contributed by atoms with Crippen LogP contribution in [0.4, 0.5) is 5.69 Å². The maximum absolute atomic E-state index is 11.6. The average Bonchev–Trinajstić information content (AvgIpc) is 2.40. The lowest BCUT2D eigenvalue weighted by Crippen LogP contribution is -2.36. The Bertz CT molecular complexity index is 599. The molecule has 0 saturated carbocycles. The van der Waals surface area contributed by atoms with Gasteiger partial charge >= 0.3 is 0 Å². The third-order valence-electron chi connectivity index (χ3n) is 3.92. The summed E-state index contributed by atoms with van der Waals surface area (Å²) in [7, 11) is -3.69. The molecule has 0 bridgehead atoms. The Morgan fingerprint density at radius 3 is 2.71 bits per heavy atom. The lowest BCUT2D eigenvalue weighted by Gasteiger charge is -2.33. The van der Waals surface area contributed by atoms with Crippen LogP contribution in [0.3, 0.4) is 0 Å². The molecular formula is C15H24N2O3S. The molecule has 2 atom stereocenters. The first-order chi connectivity index (χ1) is 9.77. The number of hydrogen-bond donors (Lipinski definition) is 2. The van der Waals surface area contributed by atoms with Crippen LogP contribution in [0, 0.1) is 12.8 Å². The molecule has 1 aromatic carbocycles. The predicted octanol–water partition coefficient (Wildman–Crippen LogP) is 2.26. The molecule has 5 nitrogen and oxygen atoms in total. The molecule has 1 fully saturated rings. The summed E-state index contributed by atoms with van der Waals surface area (Å²) in [4.78, 5) is 0.181. The number of hydrogen-bond acceptors (Lipinski definition) is 4. The Kier molecular flexibility index (Phi) is 4.91. The van der Waals surface area contributed by atoms with Crippen molar-refractivity contribution in [3.63, 3.8) is 0 Å². The van der Waals surface area contributed by atoms with E-state index in [4.69, 9.17) is 9.88 Å². The van der Waals surface area contributed by atoms with Gasteiger partial charge in [-0.25, -0.2) is 13.6 Å². The summed E-state index contributed by atoms with van der Waals surface area (Å²) >= 11 is 0. The van der Waals surface area contributed by atoms with Gasteiger partial charge in [0.1, 0.15) is 0 Å². The van der Waals surface area contributed by atoms with E-state index < -0.39 is 10.0 Å². The fourth-order valence-electron chi connectivity index (χ4n) is 2.66. The second-order valence-electron chi connectivity index (χ2n) is 6.04. The molecule has 1 saturated heterocycles. The van der Waals surface area contributed by atoms with Crippen molar-refractivity contribution in [2.24, 2.45) is 11.1 Å². The van der Waals surface area contributed by atoms with E-state index in [1.807, 2.05) is 6.07 Å². The SMILES string of the molecule is Cc1ccc(NC2CCOC(C(C)C)C2)cc1S(N)(=O)=O. The van der Waals surface area contributed by atoms with E-state index in [1.54, 1.807) is 19.1 Å². The lowest BCUT2D eigenvalue weighted by molar-refractivity contribution is -0.0160. The quantitative estimate of drug-likeness (QED) is 0.893. The maximum atomic E-state index is 11.6. The summed E-state index contributed by atoms with van der Waals surface area (Å²) in [6, 6.07) is 5.58. The summed E-state index contributed by atoms with van der Waals surface area (Å²) in [5.74, 6) is 0.479. The zero-order valence-corrected chi connectivity index (χ0v) is 13.6. The number of nitrogens with two attached hydrogens (primary N) is 1. The summed E-state index contributed by atoms with van der Waals surface area (Å²) < 4.78 is 28.9. The van der Waals surface area contributed by atoms with Crippen LogP contribution >= 0.6 is 0 Å². The number of primary sulfonamides is 1. The summed E-state index contributed by atoms with van der Waals surface area (Å²) in [5, 5.41) is 8.65. The fraction of sp³-hybridized carbons (Fsp3) is 0.600. The second kappa shape index (κ2) is 6.34. The highest BCUT2D eigenvalue weighted by atomic mass is 32.2. The molecule has 1 heterocycles. The van der Waals surface area contributed by atoms with Gasteiger partial charge in [0.25, 0.3) is 0 Å². The molecule has 0 aromatic heterocycles. The van der Waals surface area contributed by atoms with Gasteiger partial charge in [-0.05, 0) is 43.4 Å². The lowest BCUT2D eigenvalue weighted by atomic mass is 9.95. The normalized spacial score (nSPS) is 23.3. The molecule has 118 valence electrons. The van der Waals surface area contributed by atoms with Crippen molar-refractivity contribution in [3.8, 4) is 0 Å². The molecule has 0 amide bonds. The summed E-state index contributed by atoms with van der Waals surface area (Å²) in [5.41, 5.74) is 1.45. The highest BCUT2D eigenvalue weighted by molar-refractivity contribution is 7.89. The molecule has 21 heavy (non-hydrogen) atoms. The van der Waals surface area contributed by atoms with Crippen LogP contribution in [0.1, 0.15) is 32.3 Å². The molecule has 1 aliphatic rings. The molecule has 0 radical (unpaired) electrons. The first kappa shape index (κ1) is 16.3. The Hall–Kier alpha value is -1.11. The van der Waals surface area contributed by atoms with Crippen molar-refractivity contribution in [3.05, 3.63) is 23.8 Å². The maximum Gasteiger partial charge on any atom is 0.238 e. The standard InChI is InChI=1S/C15H24N2O3S/c1-10(2)14-8-13(6-7-20-14)17-12-5-4-11(3)15(9-12)21(16,18)19/h4-5,9-10,13-14,17H,6-8H2,1-3H3,(H2,16,18,19). The van der Waals surface area contributed by atoms with E-state index in [9.17, 15) is 8.42 Å². The third kappa shape index (κ3) is 4.18. The van der Waals surface area contributed by atoms with Gasteiger partial charge in [0, 0.05) is 18.3 Å². The number of sulfonamides is 1. The average molecular weight is 312 g/mol. The molecule has 3 N–H and O–H groups in total. The van der Waals surface area contributed by atoms with E-state index in [0.717, 1.165) is 25.1 Å². The van der Waals surface area contributed by atoms with Gasteiger partial charge in [0.05, 0.1) is 11.0 Å². The number of nitrogens with one attached hydrogen (secondary N) is 1. The van der Waals surface area contributed by atoms with E-state index in [1.165, 1.54) is 0 Å². The van der Waals surface area contributed by atoms with Crippen molar-refractivity contribution < 1.29 is 13.2 Å². The van der Waals surface area contributed by atoms with Gasteiger partial charge in [0.15, 0.2) is 0 Å². The molecule has 1 aromatic rings. The topological polar surface area (TPSA) is 81.4 Å². The van der Waals surface area contributed by atoms with Crippen LogP contribution in [0.5, 0.6) is 0 Å². The summed E-state index contributed by atoms with van der Waals surface area (Å²) in [6.07, 6.45) is 2.09. The van der Waals surface area contributed by atoms with E-state index in [-0.39, 0.29) is 11.0 Å². The first-order valence-corrected chi connectivity index (χ1v) is 8.83. The van der Waals surface area contributed by atoms with Crippen LogP contribution < -0.4 is 10.5 Å². The number of ether oxygens (including phenoxy) is 1. The van der Waals surface area contributed by atoms with Crippen LogP contribution in [-0.4, -0.2) is 27.2 Å². The summed E-state index contributed by atoms with van der Waals surface area (Å²) in [6.45, 7) is 6.78. The largest absolute Gasteiger partial charge is 0.382 e. The number of aryl methyl sites for hydroxylation is 1. The van der Waals surface area contributed by atoms with E-state index >= 15 is 0 Å². The minimum absolute atomic E-state index is 0.181. The molecule has 0 spiro atoms. The Morgan fingerprint density at radius 2 is 2.10 bits per heavy atom.